The molecule has 1 aromatic heterocycles. The third-order valence-corrected chi connectivity index (χ3v) is 3.63. The fourth-order valence-electron chi connectivity index (χ4n) is 1.87. The predicted octanol–water partition coefficient (Wildman–Crippen LogP) is 2.77. The van der Waals surface area contributed by atoms with Gasteiger partial charge in [0.2, 0.25) is 0 Å². The number of hydrogen-bond acceptors (Lipinski definition) is 4. The quantitative estimate of drug-likeness (QED) is 0.812. The minimum atomic E-state index is 0.343. The van der Waals surface area contributed by atoms with E-state index in [9.17, 15) is 0 Å². The molecule has 17 heavy (non-hydrogen) atoms. The van der Waals surface area contributed by atoms with E-state index < -0.39 is 0 Å². The molecule has 0 spiro atoms. The molecule has 0 fully saturated rings. The van der Waals surface area contributed by atoms with E-state index >= 15 is 0 Å². The second-order valence-electron chi connectivity index (χ2n) is 5.29. The fourth-order valence-corrected chi connectivity index (χ4v) is 2.52. The van der Waals surface area contributed by atoms with Crippen molar-refractivity contribution < 1.29 is 0 Å². The SMILES string of the molecule is CC(C)CC(CNC(C)c1cscn1)N(C)C. The average Bonchev–Trinajstić information content (AvgIpc) is 2.76. The molecule has 1 heterocycles. The van der Waals surface area contributed by atoms with Crippen LogP contribution in [-0.2, 0) is 0 Å². The molecule has 3 nitrogen and oxygen atoms in total. The molecule has 0 radical (unpaired) electrons. The van der Waals surface area contributed by atoms with Crippen LogP contribution < -0.4 is 5.32 Å². The molecule has 0 aromatic carbocycles. The van der Waals surface area contributed by atoms with Crippen LogP contribution in [0.1, 0.15) is 38.9 Å². The summed E-state index contributed by atoms with van der Waals surface area (Å²) in [4.78, 5) is 6.65. The average molecular weight is 255 g/mol. The van der Waals surface area contributed by atoms with Crippen LogP contribution in [0, 0.1) is 5.92 Å². The van der Waals surface area contributed by atoms with Gasteiger partial charge in [-0.3, -0.25) is 0 Å². The normalized spacial score (nSPS) is 15.5. The smallest absolute Gasteiger partial charge is 0.0795 e. The van der Waals surface area contributed by atoms with Crippen molar-refractivity contribution in [1.29, 1.82) is 0 Å². The Morgan fingerprint density at radius 3 is 2.53 bits per heavy atom. The van der Waals surface area contributed by atoms with Crippen LogP contribution in [-0.4, -0.2) is 36.6 Å². The van der Waals surface area contributed by atoms with Crippen molar-refractivity contribution in [2.24, 2.45) is 5.92 Å². The van der Waals surface area contributed by atoms with Crippen molar-refractivity contribution in [1.82, 2.24) is 15.2 Å². The lowest BCUT2D eigenvalue weighted by Crippen LogP contribution is -2.39. The van der Waals surface area contributed by atoms with Gasteiger partial charge in [-0.15, -0.1) is 11.3 Å². The van der Waals surface area contributed by atoms with Gasteiger partial charge in [-0.05, 0) is 33.4 Å². The first-order chi connectivity index (χ1) is 8.00. The van der Waals surface area contributed by atoms with Gasteiger partial charge in [-0.1, -0.05) is 13.8 Å². The van der Waals surface area contributed by atoms with Gasteiger partial charge in [0.1, 0.15) is 0 Å². The molecule has 98 valence electrons. The second-order valence-corrected chi connectivity index (χ2v) is 6.01. The highest BCUT2D eigenvalue weighted by Crippen LogP contribution is 2.13. The first-order valence-corrected chi connectivity index (χ1v) is 7.23. The number of thiazole rings is 1. The van der Waals surface area contributed by atoms with Gasteiger partial charge in [0, 0.05) is 24.0 Å². The predicted molar refractivity (Wildman–Crippen MR) is 75.5 cm³/mol. The molecular weight excluding hydrogens is 230 g/mol. The maximum atomic E-state index is 4.34. The Kier molecular flexibility index (Phi) is 6.09. The summed E-state index contributed by atoms with van der Waals surface area (Å²) < 4.78 is 0. The molecule has 1 N–H and O–H groups in total. The monoisotopic (exact) mass is 255 g/mol. The van der Waals surface area contributed by atoms with Crippen LogP contribution in [0.5, 0.6) is 0 Å². The summed E-state index contributed by atoms with van der Waals surface area (Å²) in [6.07, 6.45) is 1.23. The zero-order valence-electron chi connectivity index (χ0n) is 11.6. The molecular formula is C13H25N3S. The van der Waals surface area contributed by atoms with Crippen molar-refractivity contribution in [2.75, 3.05) is 20.6 Å². The lowest BCUT2D eigenvalue weighted by atomic mass is 10.0. The molecule has 1 rings (SSSR count). The largest absolute Gasteiger partial charge is 0.307 e. The Balaban J connectivity index is 2.41. The third kappa shape index (κ3) is 5.15. The molecule has 0 aliphatic heterocycles. The third-order valence-electron chi connectivity index (χ3n) is 3.03. The van der Waals surface area contributed by atoms with Crippen LogP contribution >= 0.6 is 11.3 Å². The van der Waals surface area contributed by atoms with Crippen LogP contribution in [0.4, 0.5) is 0 Å². The van der Waals surface area contributed by atoms with Gasteiger partial charge >= 0.3 is 0 Å². The van der Waals surface area contributed by atoms with Gasteiger partial charge in [0.05, 0.1) is 11.2 Å². The van der Waals surface area contributed by atoms with E-state index in [1.54, 1.807) is 11.3 Å². The molecule has 0 saturated carbocycles. The first kappa shape index (κ1) is 14.6. The molecule has 4 heteroatoms. The maximum Gasteiger partial charge on any atom is 0.0795 e. The highest BCUT2D eigenvalue weighted by molar-refractivity contribution is 7.07. The summed E-state index contributed by atoms with van der Waals surface area (Å²) in [5.41, 5.74) is 3.04. The number of likely N-dealkylation sites (N-methyl/N-ethyl adjacent to an activating group) is 1. The number of rotatable bonds is 7. The summed E-state index contributed by atoms with van der Waals surface area (Å²) in [6.45, 7) is 7.75. The highest BCUT2D eigenvalue weighted by atomic mass is 32.1. The summed E-state index contributed by atoms with van der Waals surface area (Å²) in [5, 5.41) is 5.69. The summed E-state index contributed by atoms with van der Waals surface area (Å²) in [6, 6.07) is 0.937. The zero-order valence-corrected chi connectivity index (χ0v) is 12.4. The Hall–Kier alpha value is -0.450. The van der Waals surface area contributed by atoms with E-state index in [1.165, 1.54) is 6.42 Å². The van der Waals surface area contributed by atoms with Crippen molar-refractivity contribution in [3.05, 3.63) is 16.6 Å². The zero-order chi connectivity index (χ0) is 12.8. The van der Waals surface area contributed by atoms with Crippen molar-refractivity contribution in [3.63, 3.8) is 0 Å². The number of hydrogen-bond donors (Lipinski definition) is 1. The van der Waals surface area contributed by atoms with Crippen LogP contribution in [0.25, 0.3) is 0 Å². The molecule has 2 atom stereocenters. The van der Waals surface area contributed by atoms with Crippen molar-refractivity contribution in [3.8, 4) is 0 Å². The highest BCUT2D eigenvalue weighted by Gasteiger charge is 2.15. The topological polar surface area (TPSA) is 28.2 Å². The van der Waals surface area contributed by atoms with Crippen molar-refractivity contribution >= 4 is 11.3 Å². The fraction of sp³-hybridized carbons (Fsp3) is 0.769. The van der Waals surface area contributed by atoms with Crippen LogP contribution in [0.2, 0.25) is 0 Å². The Bertz CT molecular complexity index is 296. The lowest BCUT2D eigenvalue weighted by molar-refractivity contribution is 0.241. The number of aromatic nitrogens is 1. The van der Waals surface area contributed by atoms with Gasteiger partial charge in [0.25, 0.3) is 0 Å². The number of nitrogens with one attached hydrogen (secondary N) is 1. The molecule has 1 aromatic rings. The van der Waals surface area contributed by atoms with E-state index in [4.69, 9.17) is 0 Å². The number of nitrogens with zero attached hydrogens (tertiary/aromatic N) is 2. The van der Waals surface area contributed by atoms with E-state index in [1.807, 2.05) is 5.51 Å². The summed E-state index contributed by atoms with van der Waals surface area (Å²) in [7, 11) is 4.31. The van der Waals surface area contributed by atoms with E-state index in [2.05, 4.69) is 55.4 Å². The Morgan fingerprint density at radius 1 is 1.35 bits per heavy atom. The summed E-state index contributed by atoms with van der Waals surface area (Å²) in [5.74, 6) is 0.735. The minimum Gasteiger partial charge on any atom is -0.307 e. The Morgan fingerprint density at radius 2 is 2.06 bits per heavy atom. The molecule has 0 aliphatic carbocycles. The Labute approximate surface area is 109 Å². The van der Waals surface area contributed by atoms with Crippen LogP contribution in [0.3, 0.4) is 0 Å². The molecule has 0 saturated heterocycles. The van der Waals surface area contributed by atoms with Crippen LogP contribution in [0.15, 0.2) is 10.9 Å². The molecule has 2 unspecified atom stereocenters. The first-order valence-electron chi connectivity index (χ1n) is 6.28. The van der Waals surface area contributed by atoms with E-state index in [0.717, 1.165) is 18.2 Å². The van der Waals surface area contributed by atoms with E-state index in [-0.39, 0.29) is 0 Å². The second kappa shape index (κ2) is 7.09. The molecule has 0 aliphatic rings. The van der Waals surface area contributed by atoms with Crippen molar-refractivity contribution in [2.45, 2.75) is 39.3 Å². The van der Waals surface area contributed by atoms with E-state index in [0.29, 0.717) is 12.1 Å². The van der Waals surface area contributed by atoms with Gasteiger partial charge in [0.15, 0.2) is 0 Å². The maximum absolute atomic E-state index is 4.34. The van der Waals surface area contributed by atoms with Gasteiger partial charge in [-0.25, -0.2) is 4.98 Å². The standard InChI is InChI=1S/C13H25N3S/c1-10(2)6-12(16(4)5)7-14-11(3)13-8-17-9-15-13/h8-12,14H,6-7H2,1-5H3. The minimum absolute atomic E-state index is 0.343. The molecule has 0 amide bonds. The summed E-state index contributed by atoms with van der Waals surface area (Å²) >= 11 is 1.66. The molecule has 0 bridgehead atoms. The van der Waals surface area contributed by atoms with Gasteiger partial charge in [-0.2, -0.15) is 0 Å². The van der Waals surface area contributed by atoms with Gasteiger partial charge < -0.3 is 10.2 Å². The lowest BCUT2D eigenvalue weighted by Gasteiger charge is -2.27.